The number of nitrogens with one attached hydrogen (secondary N) is 1. The largest absolute Gasteiger partial charge is 0.507 e. The van der Waals surface area contributed by atoms with Crippen LogP contribution in [0.5, 0.6) is 11.6 Å². The summed E-state index contributed by atoms with van der Waals surface area (Å²) < 4.78 is 0.955. The Morgan fingerprint density at radius 3 is 2.48 bits per heavy atom. The van der Waals surface area contributed by atoms with Gasteiger partial charge in [0, 0.05) is 6.21 Å². The van der Waals surface area contributed by atoms with E-state index in [2.05, 4.69) is 9.98 Å². The van der Waals surface area contributed by atoms with Gasteiger partial charge in [0.25, 0.3) is 5.56 Å². The van der Waals surface area contributed by atoms with Gasteiger partial charge in [0.15, 0.2) is 0 Å². The maximum Gasteiger partial charge on any atom is 0.339 e. The number of phenols is 1. The number of H-pyrrole nitrogens is 1. The number of aliphatic imine (C=N–C) groups is 1. The third-order valence-corrected chi connectivity index (χ3v) is 4.27. The molecule has 0 unspecified atom stereocenters. The molecule has 0 spiro atoms. The van der Waals surface area contributed by atoms with Crippen LogP contribution in [0.1, 0.15) is 27.0 Å². The fourth-order valence-corrected chi connectivity index (χ4v) is 2.85. The van der Waals surface area contributed by atoms with E-state index in [0.29, 0.717) is 11.3 Å². The van der Waals surface area contributed by atoms with Gasteiger partial charge in [0.05, 0.1) is 11.4 Å². The summed E-state index contributed by atoms with van der Waals surface area (Å²) in [6, 6.07) is 8.82. The first kappa shape index (κ1) is 19.6. The number of carbonyl (C=O) groups is 1. The van der Waals surface area contributed by atoms with Gasteiger partial charge < -0.3 is 15.3 Å². The molecule has 1 aromatic heterocycles. The number of aromatic amines is 1. The van der Waals surface area contributed by atoms with Crippen LogP contribution in [0.15, 0.2) is 51.0 Å². The van der Waals surface area contributed by atoms with Crippen molar-refractivity contribution in [2.45, 2.75) is 13.8 Å². The molecule has 148 valence electrons. The monoisotopic (exact) mass is 395 g/mol. The van der Waals surface area contributed by atoms with E-state index in [0.717, 1.165) is 28.5 Å². The predicted octanol–water partition coefficient (Wildman–Crippen LogP) is 2.00. The Hall–Kier alpha value is -4.14. The zero-order chi connectivity index (χ0) is 21.3. The van der Waals surface area contributed by atoms with Gasteiger partial charge in [-0.15, -0.1) is 0 Å². The number of aryl methyl sites for hydroxylation is 2. The number of hydrogen-bond donors (Lipinski definition) is 4. The van der Waals surface area contributed by atoms with Gasteiger partial charge in [-0.05, 0) is 43.7 Å². The van der Waals surface area contributed by atoms with E-state index in [1.54, 1.807) is 19.1 Å². The van der Waals surface area contributed by atoms with Crippen LogP contribution in [-0.2, 0) is 0 Å². The maximum atomic E-state index is 12.3. The lowest BCUT2D eigenvalue weighted by Crippen LogP contribution is -2.31. The predicted molar refractivity (Wildman–Crippen MR) is 106 cm³/mol. The lowest BCUT2D eigenvalue weighted by molar-refractivity contribution is 0.0693. The van der Waals surface area contributed by atoms with E-state index in [1.807, 2.05) is 13.0 Å². The first-order valence-corrected chi connectivity index (χ1v) is 8.45. The molecule has 0 amide bonds. The van der Waals surface area contributed by atoms with E-state index in [9.17, 15) is 24.6 Å². The first-order chi connectivity index (χ1) is 13.7. The molecule has 0 aliphatic heterocycles. The van der Waals surface area contributed by atoms with Gasteiger partial charge in [-0.1, -0.05) is 17.7 Å². The summed E-state index contributed by atoms with van der Waals surface area (Å²) >= 11 is 0. The Morgan fingerprint density at radius 2 is 1.83 bits per heavy atom. The number of rotatable bonds is 4. The van der Waals surface area contributed by atoms with Crippen molar-refractivity contribution in [3.63, 3.8) is 0 Å². The van der Waals surface area contributed by atoms with Gasteiger partial charge in [0.2, 0.25) is 5.88 Å². The highest BCUT2D eigenvalue weighted by Crippen LogP contribution is 2.24. The summed E-state index contributed by atoms with van der Waals surface area (Å²) in [6.07, 6.45) is 1.02. The molecule has 0 aliphatic carbocycles. The SMILES string of the molecule is Cc1ccc(-n2c(O)c(C=Nc3ccc(O)c(C(=O)O)c3)c(=O)[nH]c2=O)c(C)c1. The van der Waals surface area contributed by atoms with Gasteiger partial charge in [-0.25, -0.2) is 14.2 Å². The van der Waals surface area contributed by atoms with Crippen LogP contribution in [0.2, 0.25) is 0 Å². The minimum atomic E-state index is -1.34. The third kappa shape index (κ3) is 3.79. The summed E-state index contributed by atoms with van der Waals surface area (Å²) in [5, 5.41) is 29.2. The summed E-state index contributed by atoms with van der Waals surface area (Å²) in [7, 11) is 0. The lowest BCUT2D eigenvalue weighted by atomic mass is 10.1. The Labute approximate surface area is 163 Å². The number of aromatic nitrogens is 2. The fourth-order valence-electron chi connectivity index (χ4n) is 2.85. The van der Waals surface area contributed by atoms with E-state index in [-0.39, 0.29) is 16.8 Å². The topological polar surface area (TPSA) is 145 Å². The standard InChI is InChI=1S/C20H17N3O6/c1-10-3-5-15(11(2)7-10)23-18(26)14(17(25)22-20(23)29)9-21-12-4-6-16(24)13(8-12)19(27)28/h3-9,24,26H,1-2H3,(H,27,28)(H,22,25,29). The van der Waals surface area contributed by atoms with Gasteiger partial charge in [-0.2, -0.15) is 0 Å². The Morgan fingerprint density at radius 1 is 1.10 bits per heavy atom. The molecule has 3 aromatic rings. The molecule has 0 bridgehead atoms. The number of aromatic carboxylic acids is 1. The van der Waals surface area contributed by atoms with Crippen molar-refractivity contribution in [2.75, 3.05) is 0 Å². The van der Waals surface area contributed by atoms with Crippen LogP contribution in [0.4, 0.5) is 5.69 Å². The van der Waals surface area contributed by atoms with E-state index >= 15 is 0 Å². The fraction of sp³-hybridized carbons (Fsp3) is 0.100. The molecule has 0 atom stereocenters. The second kappa shape index (κ2) is 7.47. The normalized spacial score (nSPS) is 11.1. The quantitative estimate of drug-likeness (QED) is 0.497. The smallest absolute Gasteiger partial charge is 0.339 e. The molecule has 2 aromatic carbocycles. The number of hydrogen-bond acceptors (Lipinski definition) is 6. The minimum Gasteiger partial charge on any atom is -0.507 e. The molecule has 1 heterocycles. The summed E-state index contributed by atoms with van der Waals surface area (Å²) in [5.41, 5.74) is -0.116. The number of benzene rings is 2. The highest BCUT2D eigenvalue weighted by molar-refractivity contribution is 5.92. The first-order valence-electron chi connectivity index (χ1n) is 8.45. The van der Waals surface area contributed by atoms with Crippen LogP contribution >= 0.6 is 0 Å². The van der Waals surface area contributed by atoms with Crippen LogP contribution in [0, 0.1) is 13.8 Å². The molecule has 0 aliphatic rings. The van der Waals surface area contributed by atoms with Crippen molar-refractivity contribution in [1.29, 1.82) is 0 Å². The molecule has 0 fully saturated rings. The Bertz CT molecular complexity index is 1270. The van der Waals surface area contributed by atoms with Gasteiger partial charge in [-0.3, -0.25) is 14.8 Å². The van der Waals surface area contributed by atoms with Crippen molar-refractivity contribution in [1.82, 2.24) is 9.55 Å². The zero-order valence-corrected chi connectivity index (χ0v) is 15.5. The molecule has 4 N–H and O–H groups in total. The molecule has 9 heteroatoms. The average molecular weight is 395 g/mol. The minimum absolute atomic E-state index is 0.128. The molecule has 3 rings (SSSR count). The van der Waals surface area contributed by atoms with Crippen molar-refractivity contribution < 1.29 is 20.1 Å². The van der Waals surface area contributed by atoms with Crippen LogP contribution in [0.25, 0.3) is 5.69 Å². The van der Waals surface area contributed by atoms with Crippen LogP contribution in [0.3, 0.4) is 0 Å². The van der Waals surface area contributed by atoms with Crippen molar-refractivity contribution in [2.24, 2.45) is 4.99 Å². The van der Waals surface area contributed by atoms with E-state index in [1.165, 1.54) is 6.07 Å². The van der Waals surface area contributed by atoms with Crippen LogP contribution < -0.4 is 11.2 Å². The molecular weight excluding hydrogens is 378 g/mol. The summed E-state index contributed by atoms with van der Waals surface area (Å²) in [5.74, 6) is -2.38. The number of carboxylic acid groups (broad SMARTS) is 1. The Balaban J connectivity index is 2.13. The third-order valence-electron chi connectivity index (χ3n) is 4.27. The molecule has 0 saturated heterocycles. The van der Waals surface area contributed by atoms with Crippen molar-refractivity contribution in [3.8, 4) is 17.3 Å². The van der Waals surface area contributed by atoms with Gasteiger partial charge >= 0.3 is 11.7 Å². The highest BCUT2D eigenvalue weighted by atomic mass is 16.4. The number of aromatic hydroxyl groups is 2. The number of nitrogens with zero attached hydrogens (tertiary/aromatic N) is 2. The summed E-state index contributed by atoms with van der Waals surface area (Å²) in [4.78, 5) is 41.7. The molecule has 9 nitrogen and oxygen atoms in total. The number of carboxylic acids is 1. The van der Waals surface area contributed by atoms with Crippen molar-refractivity contribution in [3.05, 3.63) is 79.5 Å². The zero-order valence-electron chi connectivity index (χ0n) is 15.5. The van der Waals surface area contributed by atoms with Gasteiger partial charge in [0.1, 0.15) is 16.9 Å². The highest BCUT2D eigenvalue weighted by Gasteiger charge is 2.16. The average Bonchev–Trinajstić information content (AvgIpc) is 2.64. The lowest BCUT2D eigenvalue weighted by Gasteiger charge is -2.12. The second-order valence-electron chi connectivity index (χ2n) is 6.39. The van der Waals surface area contributed by atoms with Crippen LogP contribution in [-0.4, -0.2) is 37.1 Å². The van der Waals surface area contributed by atoms with E-state index in [4.69, 9.17) is 5.11 Å². The van der Waals surface area contributed by atoms with E-state index < -0.39 is 28.8 Å². The molecule has 0 saturated carbocycles. The second-order valence-corrected chi connectivity index (χ2v) is 6.39. The molecular formula is C20H17N3O6. The summed E-state index contributed by atoms with van der Waals surface area (Å²) in [6.45, 7) is 3.64. The van der Waals surface area contributed by atoms with Crippen molar-refractivity contribution >= 4 is 17.9 Å². The molecule has 0 radical (unpaired) electrons. The molecule has 29 heavy (non-hydrogen) atoms. The Kier molecular flexibility index (Phi) is 5.05. The maximum absolute atomic E-state index is 12.3.